The van der Waals surface area contributed by atoms with Crippen LogP contribution < -0.4 is 0 Å². The fourth-order valence-corrected chi connectivity index (χ4v) is 0. The van der Waals surface area contributed by atoms with Crippen molar-refractivity contribution in [1.82, 2.24) is 0 Å². The Hall–Kier alpha value is 2.66. The third kappa shape index (κ3) is 20.4. The molecule has 0 rings (SSSR count). The van der Waals surface area contributed by atoms with Gasteiger partial charge in [0.1, 0.15) is 0 Å². The Labute approximate surface area is 91.7 Å². The van der Waals surface area contributed by atoms with Gasteiger partial charge in [-0.3, -0.25) is 0 Å². The molecule has 0 aliphatic carbocycles. The van der Waals surface area contributed by atoms with Gasteiger partial charge in [0.05, 0.1) is 0 Å². The molecule has 0 aromatic heterocycles. The molecule has 2 nitrogen and oxygen atoms in total. The SMILES string of the molecule is O.O.[CaH2].[Mg].[Ti]. The third-order valence-corrected chi connectivity index (χ3v) is 0. The molecule has 26 valence electrons. The quantitative estimate of drug-likeness (QED) is 0.332. The predicted octanol–water partition coefficient (Wildman–Crippen LogP) is -2.95. The summed E-state index contributed by atoms with van der Waals surface area (Å²) in [5.74, 6) is 0. The van der Waals surface area contributed by atoms with Crippen molar-refractivity contribution in [2.24, 2.45) is 0 Å². The van der Waals surface area contributed by atoms with Crippen LogP contribution in [0, 0.1) is 0 Å². The zero-order valence-corrected chi connectivity index (χ0v) is 5.18. The minimum absolute atomic E-state index is 0. The summed E-state index contributed by atoms with van der Waals surface area (Å²) in [6, 6.07) is 0. The van der Waals surface area contributed by atoms with Crippen LogP contribution >= 0.6 is 0 Å². The topological polar surface area (TPSA) is 63.0 Å². The Kier molecular flexibility index (Phi) is 290. The molecule has 0 aliphatic rings. The normalized spacial score (nSPS) is 0. The van der Waals surface area contributed by atoms with Crippen molar-refractivity contribution in [3.63, 3.8) is 0 Å². The smallest absolute Gasteiger partial charge is 0 e. The van der Waals surface area contributed by atoms with Crippen molar-refractivity contribution in [2.75, 3.05) is 0 Å². The summed E-state index contributed by atoms with van der Waals surface area (Å²) in [5, 5.41) is 0. The molecule has 0 fully saturated rings. The maximum absolute atomic E-state index is 0. The van der Waals surface area contributed by atoms with Gasteiger partial charge in [-0.05, 0) is 0 Å². The van der Waals surface area contributed by atoms with Crippen molar-refractivity contribution in [2.45, 2.75) is 0 Å². The summed E-state index contributed by atoms with van der Waals surface area (Å²) in [6.07, 6.45) is 0. The molecule has 0 saturated heterocycles. The molecular weight excluding hydrogens is 144 g/mol. The van der Waals surface area contributed by atoms with E-state index in [2.05, 4.69) is 0 Å². The Morgan fingerprint density at radius 3 is 0.800 bits per heavy atom. The van der Waals surface area contributed by atoms with Crippen LogP contribution in [0.1, 0.15) is 0 Å². The van der Waals surface area contributed by atoms with E-state index in [1.54, 1.807) is 0 Å². The summed E-state index contributed by atoms with van der Waals surface area (Å²) < 4.78 is 0. The fourth-order valence-electron chi connectivity index (χ4n) is 0. The fraction of sp³-hybridized carbons (Fsp3) is 0. The molecule has 0 bridgehead atoms. The van der Waals surface area contributed by atoms with Gasteiger partial charge in [0, 0.05) is 44.8 Å². The molecule has 5 heteroatoms. The molecule has 0 amide bonds. The molecular formula is H6CaMgO2Ti. The average Bonchev–Trinajstić information content (AvgIpc) is 0. The van der Waals surface area contributed by atoms with Gasteiger partial charge < -0.3 is 11.0 Å². The number of hydrogen-bond donors (Lipinski definition) is 0. The summed E-state index contributed by atoms with van der Waals surface area (Å²) in [6.45, 7) is 0. The summed E-state index contributed by atoms with van der Waals surface area (Å²) in [7, 11) is 0. The molecule has 4 N–H and O–H groups in total. The second kappa shape index (κ2) is 30.2. The standard InChI is InChI=1S/Ca.Mg.2H2O.Ti.2H/h;;2*1H2;;;. The van der Waals surface area contributed by atoms with E-state index in [0.717, 1.165) is 0 Å². The van der Waals surface area contributed by atoms with Crippen LogP contribution in [0.5, 0.6) is 0 Å². The van der Waals surface area contributed by atoms with E-state index in [4.69, 9.17) is 0 Å². The van der Waals surface area contributed by atoms with E-state index in [0.29, 0.717) is 0 Å². The summed E-state index contributed by atoms with van der Waals surface area (Å²) in [4.78, 5) is 0. The zero-order valence-electron chi connectivity index (χ0n) is 2.21. The van der Waals surface area contributed by atoms with Gasteiger partial charge in [0.2, 0.25) is 0 Å². The van der Waals surface area contributed by atoms with Gasteiger partial charge in [-0.2, -0.15) is 0 Å². The van der Waals surface area contributed by atoms with Crippen LogP contribution in [0.2, 0.25) is 0 Å². The minimum Gasteiger partial charge on any atom is 0 e. The van der Waals surface area contributed by atoms with E-state index in [9.17, 15) is 0 Å². The van der Waals surface area contributed by atoms with E-state index in [1.165, 1.54) is 0 Å². The van der Waals surface area contributed by atoms with Gasteiger partial charge in [-0.15, -0.1) is 0 Å². The maximum Gasteiger partial charge on any atom is 0 e. The molecule has 0 heterocycles. The minimum atomic E-state index is 0. The molecule has 0 aromatic rings. The Morgan fingerprint density at radius 1 is 0.800 bits per heavy atom. The Bertz CT molecular complexity index is 9.61. The first kappa shape index (κ1) is 48.0. The van der Waals surface area contributed by atoms with Crippen molar-refractivity contribution >= 4 is 60.8 Å². The second-order valence-corrected chi connectivity index (χ2v) is 0. The molecule has 0 atom stereocenters. The Morgan fingerprint density at radius 2 is 0.800 bits per heavy atom. The maximum atomic E-state index is 0. The van der Waals surface area contributed by atoms with Crippen LogP contribution in [0.4, 0.5) is 0 Å². The zero-order chi connectivity index (χ0) is 0. The van der Waals surface area contributed by atoms with Crippen LogP contribution in [0.3, 0.4) is 0 Å². The van der Waals surface area contributed by atoms with Crippen molar-refractivity contribution < 1.29 is 32.7 Å². The van der Waals surface area contributed by atoms with Gasteiger partial charge >= 0.3 is 37.7 Å². The molecule has 0 saturated carbocycles. The van der Waals surface area contributed by atoms with Crippen molar-refractivity contribution in [3.05, 3.63) is 0 Å². The first-order valence-electron chi connectivity index (χ1n) is 0. The van der Waals surface area contributed by atoms with Crippen LogP contribution in [-0.4, -0.2) is 71.7 Å². The van der Waals surface area contributed by atoms with Crippen LogP contribution in [-0.2, 0) is 21.7 Å². The molecule has 0 spiro atoms. The monoisotopic (exact) mass is 150 g/mol. The molecule has 0 unspecified atom stereocenters. The molecule has 0 aromatic carbocycles. The molecule has 0 aliphatic heterocycles. The van der Waals surface area contributed by atoms with Crippen molar-refractivity contribution in [1.29, 1.82) is 0 Å². The first-order chi connectivity index (χ1) is 0. The second-order valence-electron chi connectivity index (χ2n) is 0. The Balaban J connectivity index is 0. The third-order valence-electron chi connectivity index (χ3n) is 0. The van der Waals surface area contributed by atoms with Gasteiger partial charge in [-0.25, -0.2) is 0 Å². The average molecular weight is 150 g/mol. The van der Waals surface area contributed by atoms with Gasteiger partial charge in [0.15, 0.2) is 0 Å². The summed E-state index contributed by atoms with van der Waals surface area (Å²) in [5.41, 5.74) is 0. The predicted molar refractivity (Wildman–Crippen MR) is 21.5 cm³/mol. The first-order valence-corrected chi connectivity index (χ1v) is 0. The van der Waals surface area contributed by atoms with E-state index < -0.39 is 0 Å². The number of rotatable bonds is 0. The van der Waals surface area contributed by atoms with Crippen LogP contribution in [0.25, 0.3) is 0 Å². The van der Waals surface area contributed by atoms with Gasteiger partial charge in [-0.1, -0.05) is 0 Å². The van der Waals surface area contributed by atoms with E-state index in [1.807, 2.05) is 0 Å². The largest absolute Gasteiger partial charge is 0 e. The number of hydrogen-bond acceptors (Lipinski definition) is 0. The molecule has 5 heavy (non-hydrogen) atoms. The van der Waals surface area contributed by atoms with Crippen molar-refractivity contribution in [3.8, 4) is 0 Å². The van der Waals surface area contributed by atoms with Crippen LogP contribution in [0.15, 0.2) is 0 Å². The van der Waals surface area contributed by atoms with Gasteiger partial charge in [0.25, 0.3) is 0 Å². The van der Waals surface area contributed by atoms with E-state index >= 15 is 0 Å². The van der Waals surface area contributed by atoms with E-state index in [-0.39, 0.29) is 93.5 Å². The summed E-state index contributed by atoms with van der Waals surface area (Å²) >= 11 is 0. The molecule has 2 radical (unpaired) electrons.